The zero-order valence-electron chi connectivity index (χ0n) is 17.9. The number of amides is 5. The average Bonchev–Trinajstić information content (AvgIpc) is 3.21. The van der Waals surface area contributed by atoms with E-state index in [-0.39, 0.29) is 12.0 Å². The van der Waals surface area contributed by atoms with Crippen LogP contribution in [0.1, 0.15) is 38.3 Å². The predicted octanol–water partition coefficient (Wildman–Crippen LogP) is 2.63. The predicted molar refractivity (Wildman–Crippen MR) is 112 cm³/mol. The molecule has 1 saturated heterocycles. The Morgan fingerprint density at radius 3 is 2.50 bits per heavy atom. The zero-order valence-corrected chi connectivity index (χ0v) is 17.9. The molecule has 1 N–H and O–H groups in total. The maximum atomic E-state index is 13.2. The van der Waals surface area contributed by atoms with E-state index in [0.717, 1.165) is 24.2 Å². The summed E-state index contributed by atoms with van der Waals surface area (Å²) in [6.45, 7) is 3.10. The molecule has 0 bridgehead atoms. The van der Waals surface area contributed by atoms with Crippen molar-refractivity contribution < 1.29 is 23.6 Å². The summed E-state index contributed by atoms with van der Waals surface area (Å²) in [6, 6.07) is 6.08. The molecule has 1 saturated carbocycles. The van der Waals surface area contributed by atoms with Gasteiger partial charge < -0.3 is 5.32 Å². The molecule has 2 atom stereocenters. The molecule has 2 fully saturated rings. The van der Waals surface area contributed by atoms with Crippen molar-refractivity contribution in [3.8, 4) is 5.69 Å². The summed E-state index contributed by atoms with van der Waals surface area (Å²) in [7, 11) is 0. The molecule has 2 heterocycles. The second-order valence-electron chi connectivity index (χ2n) is 8.29. The van der Waals surface area contributed by atoms with Gasteiger partial charge in [-0.2, -0.15) is 5.10 Å². The summed E-state index contributed by atoms with van der Waals surface area (Å²) >= 11 is 0. The monoisotopic (exact) mass is 441 g/mol. The number of hydrogen-bond donors (Lipinski definition) is 1. The SMILES string of the molecule is Cc1cc(NC(=O)CN2C(=O)C(=O)N([C@H]3CCCC[C@@H]3C)C2=O)n(-c2ccc(F)cc2)n1. The number of carbonyl (C=O) groups is 4. The Balaban J connectivity index is 1.49. The first-order valence-electron chi connectivity index (χ1n) is 10.6. The van der Waals surface area contributed by atoms with Gasteiger partial charge in [0.1, 0.15) is 18.2 Å². The molecule has 2 aliphatic rings. The normalized spacial score (nSPS) is 21.4. The van der Waals surface area contributed by atoms with Gasteiger partial charge in [-0.1, -0.05) is 19.8 Å². The van der Waals surface area contributed by atoms with Gasteiger partial charge in [-0.15, -0.1) is 0 Å². The maximum absolute atomic E-state index is 13.2. The van der Waals surface area contributed by atoms with Crippen LogP contribution in [0, 0.1) is 18.7 Å². The van der Waals surface area contributed by atoms with E-state index in [0.29, 0.717) is 28.5 Å². The second-order valence-corrected chi connectivity index (χ2v) is 8.29. The summed E-state index contributed by atoms with van der Waals surface area (Å²) in [5.41, 5.74) is 1.13. The van der Waals surface area contributed by atoms with Gasteiger partial charge in [0.2, 0.25) is 5.91 Å². The van der Waals surface area contributed by atoms with E-state index in [4.69, 9.17) is 0 Å². The lowest BCUT2D eigenvalue weighted by molar-refractivity contribution is -0.145. The highest BCUT2D eigenvalue weighted by Gasteiger charge is 2.49. The number of aromatic nitrogens is 2. The molecule has 2 aromatic rings. The minimum atomic E-state index is -0.994. The summed E-state index contributed by atoms with van der Waals surface area (Å²) in [4.78, 5) is 52.2. The number of urea groups is 1. The third-order valence-electron chi connectivity index (χ3n) is 5.95. The molecule has 0 spiro atoms. The fraction of sp³-hybridized carbons (Fsp3) is 0.409. The Kier molecular flexibility index (Phi) is 5.77. The van der Waals surface area contributed by atoms with E-state index in [1.165, 1.54) is 28.9 Å². The summed E-state index contributed by atoms with van der Waals surface area (Å²) < 4.78 is 14.7. The van der Waals surface area contributed by atoms with Gasteiger partial charge in [0, 0.05) is 12.1 Å². The van der Waals surface area contributed by atoms with Crippen LogP contribution < -0.4 is 5.32 Å². The second kappa shape index (κ2) is 8.52. The number of aryl methyl sites for hydroxylation is 1. The fourth-order valence-corrected chi connectivity index (χ4v) is 4.33. The van der Waals surface area contributed by atoms with Crippen molar-refractivity contribution in [2.24, 2.45) is 5.92 Å². The minimum absolute atomic E-state index is 0.103. The third-order valence-corrected chi connectivity index (χ3v) is 5.95. The third kappa shape index (κ3) is 4.00. The minimum Gasteiger partial charge on any atom is -0.309 e. The fourth-order valence-electron chi connectivity index (χ4n) is 4.33. The number of anilines is 1. The molecule has 32 heavy (non-hydrogen) atoms. The lowest BCUT2D eigenvalue weighted by atomic mass is 9.85. The number of nitrogens with one attached hydrogen (secondary N) is 1. The van der Waals surface area contributed by atoms with Gasteiger partial charge in [0.15, 0.2) is 0 Å². The number of rotatable bonds is 5. The molecular weight excluding hydrogens is 417 g/mol. The highest BCUT2D eigenvalue weighted by atomic mass is 19.1. The lowest BCUT2D eigenvalue weighted by Crippen LogP contribution is -2.46. The molecule has 0 radical (unpaired) electrons. The van der Waals surface area contributed by atoms with Crippen molar-refractivity contribution in [1.29, 1.82) is 0 Å². The first kappa shape index (κ1) is 21.7. The van der Waals surface area contributed by atoms with Crippen molar-refractivity contribution in [3.63, 3.8) is 0 Å². The Labute approximate surface area is 184 Å². The number of imide groups is 2. The molecule has 10 heteroatoms. The molecule has 0 unspecified atom stereocenters. The van der Waals surface area contributed by atoms with Crippen LogP contribution in [0.25, 0.3) is 5.69 Å². The van der Waals surface area contributed by atoms with E-state index in [1.54, 1.807) is 13.0 Å². The van der Waals surface area contributed by atoms with Crippen LogP contribution >= 0.6 is 0 Å². The summed E-state index contributed by atoms with van der Waals surface area (Å²) in [5.74, 6) is -2.54. The van der Waals surface area contributed by atoms with E-state index in [9.17, 15) is 23.6 Å². The van der Waals surface area contributed by atoms with E-state index in [1.807, 2.05) is 6.92 Å². The van der Waals surface area contributed by atoms with Crippen molar-refractivity contribution in [2.75, 3.05) is 11.9 Å². The topological polar surface area (TPSA) is 105 Å². The van der Waals surface area contributed by atoms with Crippen molar-refractivity contribution in [1.82, 2.24) is 19.6 Å². The molecule has 4 rings (SSSR count). The van der Waals surface area contributed by atoms with Crippen LogP contribution in [0.5, 0.6) is 0 Å². The van der Waals surface area contributed by atoms with Crippen molar-refractivity contribution in [2.45, 2.75) is 45.6 Å². The summed E-state index contributed by atoms with van der Waals surface area (Å²) in [5, 5.41) is 6.91. The molecule has 168 valence electrons. The maximum Gasteiger partial charge on any atom is 0.334 e. The number of nitrogens with zero attached hydrogens (tertiary/aromatic N) is 4. The molecule has 5 amide bonds. The quantitative estimate of drug-likeness (QED) is 0.567. The standard InChI is InChI=1S/C22H24FN5O4/c1-13-5-3-4-6-17(13)27-21(31)20(30)26(22(27)32)12-19(29)24-18-11-14(2)25-28(18)16-9-7-15(23)8-10-16/h7-11,13,17H,3-6,12H2,1-2H3,(H,24,29)/t13-,17-/m0/s1. The molecule has 1 aliphatic heterocycles. The van der Waals surface area contributed by atoms with Gasteiger partial charge in [0.05, 0.1) is 11.4 Å². The smallest absolute Gasteiger partial charge is 0.309 e. The average molecular weight is 441 g/mol. The number of benzene rings is 1. The molecule has 1 aromatic carbocycles. The Hall–Kier alpha value is -3.56. The van der Waals surface area contributed by atoms with E-state index >= 15 is 0 Å². The summed E-state index contributed by atoms with van der Waals surface area (Å²) in [6.07, 6.45) is 3.44. The van der Waals surface area contributed by atoms with Crippen LogP contribution in [0.15, 0.2) is 30.3 Å². The van der Waals surface area contributed by atoms with Crippen LogP contribution in [0.2, 0.25) is 0 Å². The van der Waals surface area contributed by atoms with Gasteiger partial charge in [0.25, 0.3) is 0 Å². The Bertz CT molecular complexity index is 1080. The van der Waals surface area contributed by atoms with Crippen LogP contribution in [-0.4, -0.2) is 55.9 Å². The first-order chi connectivity index (χ1) is 15.3. The molecule has 1 aliphatic carbocycles. The Morgan fingerprint density at radius 1 is 1.12 bits per heavy atom. The lowest BCUT2D eigenvalue weighted by Gasteiger charge is -2.34. The van der Waals surface area contributed by atoms with Crippen LogP contribution in [-0.2, 0) is 14.4 Å². The van der Waals surface area contributed by atoms with E-state index in [2.05, 4.69) is 10.4 Å². The highest BCUT2D eigenvalue weighted by molar-refractivity contribution is 6.45. The van der Waals surface area contributed by atoms with Crippen LogP contribution in [0.4, 0.5) is 15.0 Å². The first-order valence-corrected chi connectivity index (χ1v) is 10.6. The van der Waals surface area contributed by atoms with Gasteiger partial charge in [-0.05, 0) is 49.9 Å². The molecule has 9 nitrogen and oxygen atoms in total. The van der Waals surface area contributed by atoms with Crippen molar-refractivity contribution >= 4 is 29.6 Å². The number of carbonyl (C=O) groups excluding carboxylic acids is 4. The number of hydrogen-bond acceptors (Lipinski definition) is 5. The van der Waals surface area contributed by atoms with E-state index < -0.39 is 36.1 Å². The van der Waals surface area contributed by atoms with Crippen molar-refractivity contribution in [3.05, 3.63) is 41.8 Å². The Morgan fingerprint density at radius 2 is 1.81 bits per heavy atom. The van der Waals surface area contributed by atoms with Crippen LogP contribution in [0.3, 0.4) is 0 Å². The highest BCUT2D eigenvalue weighted by Crippen LogP contribution is 2.31. The molecule has 1 aromatic heterocycles. The zero-order chi connectivity index (χ0) is 23.0. The van der Waals surface area contributed by atoms with Gasteiger partial charge in [-0.25, -0.2) is 18.8 Å². The largest absolute Gasteiger partial charge is 0.334 e. The van der Waals surface area contributed by atoms with Gasteiger partial charge >= 0.3 is 17.8 Å². The van der Waals surface area contributed by atoms with Gasteiger partial charge in [-0.3, -0.25) is 19.3 Å². The number of halogens is 1. The molecular formula is C22H24FN5O4.